The van der Waals surface area contributed by atoms with Crippen LogP contribution >= 0.6 is 0 Å². The number of nitrogens with one attached hydrogen (secondary N) is 2. The number of fused-ring (bicyclic) bond motifs is 1. The Bertz CT molecular complexity index is 342. The monoisotopic (exact) mass is 190 g/mol. The lowest BCUT2D eigenvalue weighted by Gasteiger charge is -2.21. The van der Waals surface area contributed by atoms with E-state index in [9.17, 15) is 0 Å². The van der Waals surface area contributed by atoms with Gasteiger partial charge in [0.1, 0.15) is 0 Å². The number of hydrogen-bond acceptors (Lipinski definition) is 2. The zero-order valence-corrected chi connectivity index (χ0v) is 9.15. The van der Waals surface area contributed by atoms with Gasteiger partial charge in [0.2, 0.25) is 0 Å². The summed E-state index contributed by atoms with van der Waals surface area (Å²) in [6, 6.07) is 6.49. The first-order valence-electron chi connectivity index (χ1n) is 5.15. The van der Waals surface area contributed by atoms with Gasteiger partial charge in [-0.05, 0) is 30.0 Å². The zero-order valence-electron chi connectivity index (χ0n) is 9.15. The standard InChI is InChI=1S/C12H18N2/c1-9-4-5-10-11(6-9)14-8-12(2,3)7-13-10/h4-6,13-14H,7-8H2,1-3H3. The number of hydrogen-bond donors (Lipinski definition) is 2. The molecule has 0 aliphatic carbocycles. The van der Waals surface area contributed by atoms with Gasteiger partial charge in [0.05, 0.1) is 11.4 Å². The summed E-state index contributed by atoms with van der Waals surface area (Å²) < 4.78 is 0. The van der Waals surface area contributed by atoms with Crippen molar-refractivity contribution >= 4 is 11.4 Å². The Morgan fingerprint density at radius 1 is 1.07 bits per heavy atom. The predicted molar refractivity (Wildman–Crippen MR) is 61.9 cm³/mol. The van der Waals surface area contributed by atoms with E-state index in [1.165, 1.54) is 16.9 Å². The van der Waals surface area contributed by atoms with Crippen LogP contribution in [0.25, 0.3) is 0 Å². The molecule has 0 saturated heterocycles. The lowest BCUT2D eigenvalue weighted by molar-refractivity contribution is 0.423. The van der Waals surface area contributed by atoms with Crippen molar-refractivity contribution in [3.05, 3.63) is 23.8 Å². The Morgan fingerprint density at radius 2 is 1.71 bits per heavy atom. The molecule has 1 aromatic rings. The minimum atomic E-state index is 0.312. The molecule has 0 amide bonds. The molecule has 0 radical (unpaired) electrons. The van der Waals surface area contributed by atoms with E-state index in [-0.39, 0.29) is 0 Å². The Hall–Kier alpha value is -1.18. The molecule has 0 aromatic heterocycles. The molecule has 1 aliphatic heterocycles. The second-order valence-corrected chi connectivity index (χ2v) is 4.92. The second-order valence-electron chi connectivity index (χ2n) is 4.92. The van der Waals surface area contributed by atoms with Gasteiger partial charge in [-0.15, -0.1) is 0 Å². The maximum atomic E-state index is 3.49. The molecule has 2 rings (SSSR count). The van der Waals surface area contributed by atoms with Crippen molar-refractivity contribution in [1.82, 2.24) is 0 Å². The van der Waals surface area contributed by atoms with E-state index < -0.39 is 0 Å². The minimum absolute atomic E-state index is 0.312. The van der Waals surface area contributed by atoms with Crippen LogP contribution in [0.5, 0.6) is 0 Å². The van der Waals surface area contributed by atoms with E-state index in [1.807, 2.05) is 0 Å². The largest absolute Gasteiger partial charge is 0.383 e. The van der Waals surface area contributed by atoms with E-state index in [4.69, 9.17) is 0 Å². The zero-order chi connectivity index (χ0) is 10.2. The van der Waals surface area contributed by atoms with Crippen molar-refractivity contribution in [3.8, 4) is 0 Å². The van der Waals surface area contributed by atoms with Gasteiger partial charge in [-0.1, -0.05) is 19.9 Å². The SMILES string of the molecule is Cc1ccc2c(c1)NCC(C)(C)CN2. The summed E-state index contributed by atoms with van der Waals surface area (Å²) in [6.07, 6.45) is 0. The summed E-state index contributed by atoms with van der Waals surface area (Å²) >= 11 is 0. The van der Waals surface area contributed by atoms with Crippen LogP contribution in [0, 0.1) is 12.3 Å². The molecule has 2 N–H and O–H groups in total. The first kappa shape index (κ1) is 9.38. The fraction of sp³-hybridized carbons (Fsp3) is 0.500. The quantitative estimate of drug-likeness (QED) is 0.657. The van der Waals surface area contributed by atoms with E-state index in [1.54, 1.807) is 0 Å². The van der Waals surface area contributed by atoms with Gasteiger partial charge in [0.25, 0.3) is 0 Å². The van der Waals surface area contributed by atoms with Crippen LogP contribution in [0.3, 0.4) is 0 Å². The molecule has 0 unspecified atom stereocenters. The van der Waals surface area contributed by atoms with Crippen molar-refractivity contribution < 1.29 is 0 Å². The molecule has 2 nitrogen and oxygen atoms in total. The highest BCUT2D eigenvalue weighted by atomic mass is 15.0. The van der Waals surface area contributed by atoms with Crippen LogP contribution in [0.1, 0.15) is 19.4 Å². The second kappa shape index (κ2) is 3.19. The van der Waals surface area contributed by atoms with Crippen LogP contribution in [0.2, 0.25) is 0 Å². The molecule has 1 heterocycles. The molecule has 0 saturated carbocycles. The highest BCUT2D eigenvalue weighted by Crippen LogP contribution is 2.29. The highest BCUT2D eigenvalue weighted by Gasteiger charge is 2.21. The first-order chi connectivity index (χ1) is 6.57. The van der Waals surface area contributed by atoms with Crippen LogP contribution in [0.4, 0.5) is 11.4 Å². The topological polar surface area (TPSA) is 24.1 Å². The summed E-state index contributed by atoms with van der Waals surface area (Å²) in [7, 11) is 0. The molecule has 0 fully saturated rings. The summed E-state index contributed by atoms with van der Waals surface area (Å²) in [5.74, 6) is 0. The molecule has 2 heteroatoms. The minimum Gasteiger partial charge on any atom is -0.383 e. The molecular weight excluding hydrogens is 172 g/mol. The molecule has 1 aromatic carbocycles. The molecular formula is C12H18N2. The molecule has 0 spiro atoms. The summed E-state index contributed by atoms with van der Waals surface area (Å²) in [5.41, 5.74) is 4.07. The predicted octanol–water partition coefficient (Wildman–Crippen LogP) is 2.86. The van der Waals surface area contributed by atoms with Crippen LogP contribution < -0.4 is 10.6 Å². The van der Waals surface area contributed by atoms with E-state index in [2.05, 4.69) is 49.6 Å². The fourth-order valence-corrected chi connectivity index (χ4v) is 1.69. The summed E-state index contributed by atoms with van der Waals surface area (Å²) in [6.45, 7) is 8.71. The lowest BCUT2D eigenvalue weighted by Crippen LogP contribution is -2.27. The fourth-order valence-electron chi connectivity index (χ4n) is 1.69. The molecule has 76 valence electrons. The van der Waals surface area contributed by atoms with Gasteiger partial charge >= 0.3 is 0 Å². The van der Waals surface area contributed by atoms with Crippen molar-refractivity contribution in [2.75, 3.05) is 23.7 Å². The van der Waals surface area contributed by atoms with Gasteiger partial charge in [-0.2, -0.15) is 0 Å². The summed E-state index contributed by atoms with van der Waals surface area (Å²) in [5, 5.41) is 6.97. The van der Waals surface area contributed by atoms with Crippen LogP contribution in [-0.2, 0) is 0 Å². The Labute approximate surface area is 85.7 Å². The van der Waals surface area contributed by atoms with E-state index in [0.29, 0.717) is 5.41 Å². The number of rotatable bonds is 0. The van der Waals surface area contributed by atoms with Gasteiger partial charge in [-0.25, -0.2) is 0 Å². The maximum Gasteiger partial charge on any atom is 0.0578 e. The summed E-state index contributed by atoms with van der Waals surface area (Å²) in [4.78, 5) is 0. The Balaban J connectivity index is 2.30. The Kier molecular flexibility index (Phi) is 2.14. The third-order valence-electron chi connectivity index (χ3n) is 2.69. The van der Waals surface area contributed by atoms with Crippen molar-refractivity contribution in [2.24, 2.45) is 5.41 Å². The van der Waals surface area contributed by atoms with Gasteiger partial charge in [0.15, 0.2) is 0 Å². The number of anilines is 2. The Morgan fingerprint density at radius 3 is 2.43 bits per heavy atom. The normalized spacial score (nSPS) is 18.8. The average molecular weight is 190 g/mol. The van der Waals surface area contributed by atoms with E-state index >= 15 is 0 Å². The highest BCUT2D eigenvalue weighted by molar-refractivity contribution is 5.70. The van der Waals surface area contributed by atoms with Crippen molar-refractivity contribution in [3.63, 3.8) is 0 Å². The number of benzene rings is 1. The maximum absolute atomic E-state index is 3.49. The lowest BCUT2D eigenvalue weighted by atomic mass is 9.94. The smallest absolute Gasteiger partial charge is 0.0578 e. The van der Waals surface area contributed by atoms with Crippen molar-refractivity contribution in [1.29, 1.82) is 0 Å². The first-order valence-corrected chi connectivity index (χ1v) is 5.15. The van der Waals surface area contributed by atoms with Gasteiger partial charge in [0, 0.05) is 13.1 Å². The van der Waals surface area contributed by atoms with Gasteiger partial charge in [-0.3, -0.25) is 0 Å². The average Bonchev–Trinajstić information content (AvgIpc) is 2.26. The van der Waals surface area contributed by atoms with Crippen molar-refractivity contribution in [2.45, 2.75) is 20.8 Å². The molecule has 0 bridgehead atoms. The number of aryl methyl sites for hydroxylation is 1. The van der Waals surface area contributed by atoms with Crippen LogP contribution in [-0.4, -0.2) is 13.1 Å². The van der Waals surface area contributed by atoms with Gasteiger partial charge < -0.3 is 10.6 Å². The van der Waals surface area contributed by atoms with Crippen LogP contribution in [0.15, 0.2) is 18.2 Å². The molecule has 14 heavy (non-hydrogen) atoms. The third-order valence-corrected chi connectivity index (χ3v) is 2.69. The van der Waals surface area contributed by atoms with E-state index in [0.717, 1.165) is 13.1 Å². The third kappa shape index (κ3) is 1.84. The molecule has 0 atom stereocenters. The molecule has 1 aliphatic rings.